The molecule has 11 heteroatoms. The van der Waals surface area contributed by atoms with Crippen molar-refractivity contribution in [3.63, 3.8) is 0 Å². The van der Waals surface area contributed by atoms with E-state index in [-0.39, 0.29) is 39.9 Å². The number of nitro groups is 1. The number of para-hydroxylation sites is 1. The molecule has 2 aromatic rings. The summed E-state index contributed by atoms with van der Waals surface area (Å²) in [6.07, 6.45) is 1.25. The molecule has 2 heterocycles. The van der Waals surface area contributed by atoms with Gasteiger partial charge in [0.1, 0.15) is 0 Å². The van der Waals surface area contributed by atoms with Crippen molar-refractivity contribution < 1.29 is 27.6 Å². The minimum atomic E-state index is -4.13. The van der Waals surface area contributed by atoms with E-state index in [9.17, 15) is 23.3 Å². The van der Waals surface area contributed by atoms with Gasteiger partial charge in [0.05, 0.1) is 34.3 Å². The third-order valence-electron chi connectivity index (χ3n) is 5.60. The summed E-state index contributed by atoms with van der Waals surface area (Å²) >= 11 is 0. The van der Waals surface area contributed by atoms with E-state index in [1.54, 1.807) is 23.1 Å². The Bertz CT molecular complexity index is 1110. The van der Waals surface area contributed by atoms with E-state index in [4.69, 9.17) is 9.47 Å². The lowest BCUT2D eigenvalue weighted by Crippen LogP contribution is -2.41. The van der Waals surface area contributed by atoms with Crippen LogP contribution < -0.4 is 4.72 Å². The number of hydrogen-bond acceptors (Lipinski definition) is 7. The van der Waals surface area contributed by atoms with Gasteiger partial charge in [-0.15, -0.1) is 0 Å². The topological polar surface area (TPSA) is 128 Å². The lowest BCUT2D eigenvalue weighted by atomic mass is 9.95. The van der Waals surface area contributed by atoms with Gasteiger partial charge in [-0.3, -0.25) is 19.6 Å². The third kappa shape index (κ3) is 4.74. The summed E-state index contributed by atoms with van der Waals surface area (Å²) in [6, 6.07) is 11.1. The van der Waals surface area contributed by atoms with Crippen LogP contribution in [0.3, 0.4) is 0 Å². The smallest absolute Gasteiger partial charge is 0.270 e. The molecule has 0 spiro atoms. The molecule has 0 bridgehead atoms. The van der Waals surface area contributed by atoms with Crippen LogP contribution in [0, 0.1) is 16.0 Å². The number of piperidine rings is 1. The molecule has 4 rings (SSSR count). The SMILES string of the molecule is O=C(c1ccccc1NS(=O)(=O)c1cccc([N+](=O)[O-])c1)N1CCC(C2OCCO2)CC1. The molecule has 2 saturated heterocycles. The van der Waals surface area contributed by atoms with Crippen LogP contribution in [0.1, 0.15) is 23.2 Å². The van der Waals surface area contributed by atoms with Gasteiger partial charge < -0.3 is 14.4 Å². The third-order valence-corrected chi connectivity index (χ3v) is 6.96. The molecular weight excluding hydrogens is 438 g/mol. The fraction of sp³-hybridized carbons (Fsp3) is 0.381. The van der Waals surface area contributed by atoms with Crippen molar-refractivity contribution in [2.75, 3.05) is 31.0 Å². The van der Waals surface area contributed by atoms with Crippen LogP contribution in [0.4, 0.5) is 11.4 Å². The standard InChI is InChI=1S/C21H23N3O7S/c25-20(23-10-8-15(9-11-23)21-30-12-13-31-21)18-6-1-2-7-19(18)22-32(28,29)17-5-3-4-16(14-17)24(26)27/h1-7,14-15,21-22H,8-13H2. The van der Waals surface area contributed by atoms with Crippen molar-refractivity contribution in [2.24, 2.45) is 5.92 Å². The van der Waals surface area contributed by atoms with Crippen LogP contribution in [-0.4, -0.2) is 56.7 Å². The fourth-order valence-corrected chi connectivity index (χ4v) is 5.04. The van der Waals surface area contributed by atoms with E-state index in [1.807, 2.05) is 0 Å². The number of benzene rings is 2. The van der Waals surface area contributed by atoms with E-state index in [2.05, 4.69) is 4.72 Å². The number of hydrogen-bond donors (Lipinski definition) is 1. The first-order valence-corrected chi connectivity index (χ1v) is 11.7. The number of anilines is 1. The molecule has 0 aromatic heterocycles. The van der Waals surface area contributed by atoms with Gasteiger partial charge in [-0.05, 0) is 31.0 Å². The number of non-ortho nitro benzene ring substituents is 1. The van der Waals surface area contributed by atoms with Crippen molar-refractivity contribution in [1.29, 1.82) is 0 Å². The van der Waals surface area contributed by atoms with Gasteiger partial charge >= 0.3 is 0 Å². The first-order chi connectivity index (χ1) is 15.3. The molecule has 2 fully saturated rings. The van der Waals surface area contributed by atoms with Crippen LogP contribution in [0.25, 0.3) is 0 Å². The minimum Gasteiger partial charge on any atom is -0.350 e. The Hall–Kier alpha value is -3.02. The number of ether oxygens (including phenoxy) is 2. The Morgan fingerprint density at radius 1 is 1.06 bits per heavy atom. The van der Waals surface area contributed by atoms with Gasteiger partial charge in [0, 0.05) is 31.1 Å². The van der Waals surface area contributed by atoms with Crippen molar-refractivity contribution >= 4 is 27.3 Å². The highest BCUT2D eigenvalue weighted by Crippen LogP contribution is 2.28. The fourth-order valence-electron chi connectivity index (χ4n) is 3.92. The summed E-state index contributed by atoms with van der Waals surface area (Å²) in [6.45, 7) is 2.20. The van der Waals surface area contributed by atoms with Crippen molar-refractivity contribution in [3.05, 3.63) is 64.2 Å². The number of nitrogens with zero attached hydrogens (tertiary/aromatic N) is 2. The van der Waals surface area contributed by atoms with Crippen molar-refractivity contribution in [3.8, 4) is 0 Å². The first kappa shape index (κ1) is 22.2. The van der Waals surface area contributed by atoms with E-state index in [1.165, 1.54) is 24.3 Å². The van der Waals surface area contributed by atoms with E-state index in [0.29, 0.717) is 26.3 Å². The van der Waals surface area contributed by atoms with Crippen LogP contribution in [-0.2, 0) is 19.5 Å². The molecule has 2 aromatic carbocycles. The monoisotopic (exact) mass is 461 g/mol. The first-order valence-electron chi connectivity index (χ1n) is 10.2. The number of amides is 1. The number of carbonyl (C=O) groups is 1. The van der Waals surface area contributed by atoms with E-state index in [0.717, 1.165) is 18.9 Å². The van der Waals surface area contributed by atoms with Crippen LogP contribution in [0.5, 0.6) is 0 Å². The predicted octanol–water partition coefficient (Wildman–Crippen LogP) is 2.62. The minimum absolute atomic E-state index is 0.119. The molecule has 1 N–H and O–H groups in total. The zero-order valence-electron chi connectivity index (χ0n) is 17.2. The van der Waals surface area contributed by atoms with Crippen molar-refractivity contribution in [2.45, 2.75) is 24.0 Å². The maximum atomic E-state index is 13.2. The lowest BCUT2D eigenvalue weighted by Gasteiger charge is -2.34. The molecule has 2 aliphatic heterocycles. The quantitative estimate of drug-likeness (QED) is 0.517. The van der Waals surface area contributed by atoms with Gasteiger partial charge in [-0.2, -0.15) is 0 Å². The normalized spacial score (nSPS) is 17.9. The molecule has 10 nitrogen and oxygen atoms in total. The van der Waals surface area contributed by atoms with E-state index >= 15 is 0 Å². The zero-order valence-corrected chi connectivity index (χ0v) is 18.0. The Morgan fingerprint density at radius 3 is 2.44 bits per heavy atom. The van der Waals surface area contributed by atoms with Gasteiger partial charge in [-0.25, -0.2) is 8.42 Å². The highest BCUT2D eigenvalue weighted by Gasteiger charge is 2.32. The Morgan fingerprint density at radius 2 is 1.75 bits per heavy atom. The summed E-state index contributed by atoms with van der Waals surface area (Å²) in [4.78, 5) is 24.9. The number of rotatable bonds is 6. The highest BCUT2D eigenvalue weighted by atomic mass is 32.2. The molecule has 170 valence electrons. The number of likely N-dealkylation sites (tertiary alicyclic amines) is 1. The second-order valence-electron chi connectivity index (χ2n) is 7.65. The molecule has 0 radical (unpaired) electrons. The van der Waals surface area contributed by atoms with Crippen LogP contribution in [0.2, 0.25) is 0 Å². The number of carbonyl (C=O) groups excluding carboxylic acids is 1. The molecule has 1 amide bonds. The van der Waals surface area contributed by atoms with Gasteiger partial charge in [0.15, 0.2) is 6.29 Å². The summed E-state index contributed by atoms with van der Waals surface area (Å²) in [7, 11) is -4.13. The largest absolute Gasteiger partial charge is 0.350 e. The second-order valence-corrected chi connectivity index (χ2v) is 9.33. The Labute approximate surface area is 185 Å². The van der Waals surface area contributed by atoms with Gasteiger partial charge in [0.2, 0.25) is 0 Å². The van der Waals surface area contributed by atoms with Crippen LogP contribution >= 0.6 is 0 Å². The summed E-state index contributed by atoms with van der Waals surface area (Å²) in [5.74, 6) is -0.0572. The highest BCUT2D eigenvalue weighted by molar-refractivity contribution is 7.92. The lowest BCUT2D eigenvalue weighted by molar-refractivity contribution is -0.385. The second kappa shape index (κ2) is 9.23. The maximum absolute atomic E-state index is 13.2. The maximum Gasteiger partial charge on any atom is 0.270 e. The molecule has 0 unspecified atom stereocenters. The average Bonchev–Trinajstić information content (AvgIpc) is 3.34. The summed E-state index contributed by atoms with van der Waals surface area (Å²) < 4.78 is 39.2. The number of sulfonamides is 1. The number of nitro benzene ring substituents is 1. The molecule has 0 aliphatic carbocycles. The molecule has 2 aliphatic rings. The Balaban J connectivity index is 1.50. The predicted molar refractivity (Wildman–Crippen MR) is 115 cm³/mol. The van der Waals surface area contributed by atoms with Crippen molar-refractivity contribution in [1.82, 2.24) is 4.90 Å². The van der Waals surface area contributed by atoms with E-state index < -0.39 is 14.9 Å². The molecule has 32 heavy (non-hydrogen) atoms. The molecular formula is C21H23N3O7S. The van der Waals surface area contributed by atoms with Gasteiger partial charge in [0.25, 0.3) is 21.6 Å². The van der Waals surface area contributed by atoms with Gasteiger partial charge in [-0.1, -0.05) is 18.2 Å². The average molecular weight is 461 g/mol. The summed E-state index contributed by atoms with van der Waals surface area (Å²) in [5.41, 5.74) is -0.00255. The zero-order chi connectivity index (χ0) is 22.7. The molecule has 0 atom stereocenters. The summed E-state index contributed by atoms with van der Waals surface area (Å²) in [5, 5.41) is 11.0. The van der Waals surface area contributed by atoms with Crippen LogP contribution in [0.15, 0.2) is 53.4 Å². The number of nitrogens with one attached hydrogen (secondary N) is 1. The molecule has 0 saturated carbocycles. The Kier molecular flexibility index (Phi) is 6.40.